The van der Waals surface area contributed by atoms with Gasteiger partial charge in [-0.25, -0.2) is 4.79 Å². The van der Waals surface area contributed by atoms with E-state index in [1.807, 2.05) is 25.1 Å². The Morgan fingerprint density at radius 2 is 2.10 bits per heavy atom. The zero-order valence-corrected chi connectivity index (χ0v) is 12.1. The minimum absolute atomic E-state index is 0.0951. The van der Waals surface area contributed by atoms with Crippen LogP contribution < -0.4 is 16.4 Å². The maximum atomic E-state index is 12.1. The maximum absolute atomic E-state index is 12.1. The second-order valence-electron chi connectivity index (χ2n) is 4.67. The zero-order valence-electron chi connectivity index (χ0n) is 12.1. The molecule has 6 heteroatoms. The van der Waals surface area contributed by atoms with Crippen LogP contribution in [0, 0.1) is 0 Å². The van der Waals surface area contributed by atoms with Crippen LogP contribution in [0.15, 0.2) is 24.3 Å². The van der Waals surface area contributed by atoms with Gasteiger partial charge in [0.15, 0.2) is 0 Å². The summed E-state index contributed by atoms with van der Waals surface area (Å²) in [7, 11) is 3.24. The van der Waals surface area contributed by atoms with Crippen molar-refractivity contribution in [3.05, 3.63) is 29.8 Å². The molecule has 0 aliphatic heterocycles. The van der Waals surface area contributed by atoms with Crippen molar-refractivity contribution in [1.29, 1.82) is 0 Å². The highest BCUT2D eigenvalue weighted by Crippen LogP contribution is 2.12. The van der Waals surface area contributed by atoms with Crippen molar-refractivity contribution >= 4 is 17.6 Å². The van der Waals surface area contributed by atoms with Gasteiger partial charge in [-0.2, -0.15) is 0 Å². The first kappa shape index (κ1) is 16.0. The summed E-state index contributed by atoms with van der Waals surface area (Å²) in [5.74, 6) is -0.0951. The highest BCUT2D eigenvalue weighted by molar-refractivity contribution is 5.89. The summed E-state index contributed by atoms with van der Waals surface area (Å²) < 4.78 is 0. The molecule has 0 saturated carbocycles. The Balaban J connectivity index is 2.62. The zero-order chi connectivity index (χ0) is 15.1. The molecule has 1 aromatic rings. The van der Waals surface area contributed by atoms with E-state index in [0.717, 1.165) is 5.56 Å². The monoisotopic (exact) mass is 278 g/mol. The van der Waals surface area contributed by atoms with Gasteiger partial charge in [-0.3, -0.25) is 4.79 Å². The third-order valence-corrected chi connectivity index (χ3v) is 3.16. The highest BCUT2D eigenvalue weighted by Gasteiger charge is 2.18. The maximum Gasteiger partial charge on any atom is 0.321 e. The number of anilines is 1. The van der Waals surface area contributed by atoms with E-state index in [1.54, 1.807) is 20.2 Å². The molecule has 0 radical (unpaired) electrons. The summed E-state index contributed by atoms with van der Waals surface area (Å²) in [4.78, 5) is 24.9. The van der Waals surface area contributed by atoms with E-state index in [-0.39, 0.29) is 24.4 Å². The van der Waals surface area contributed by atoms with Crippen molar-refractivity contribution in [1.82, 2.24) is 10.2 Å². The topological polar surface area (TPSA) is 87.5 Å². The summed E-state index contributed by atoms with van der Waals surface area (Å²) in [6.07, 6.45) is 0.267. The van der Waals surface area contributed by atoms with E-state index >= 15 is 0 Å². The number of nitrogens with two attached hydrogens (primary N) is 1. The molecule has 0 aliphatic rings. The van der Waals surface area contributed by atoms with Gasteiger partial charge in [-0.1, -0.05) is 12.1 Å². The number of carbonyl (C=O) groups is 2. The average molecular weight is 278 g/mol. The number of benzene rings is 1. The minimum Gasteiger partial charge on any atom is -0.359 e. The molecule has 0 aromatic heterocycles. The lowest BCUT2D eigenvalue weighted by Gasteiger charge is -2.24. The van der Waals surface area contributed by atoms with Gasteiger partial charge in [0, 0.05) is 38.8 Å². The predicted molar refractivity (Wildman–Crippen MR) is 79.3 cm³/mol. The number of hydrogen-bond acceptors (Lipinski definition) is 3. The summed E-state index contributed by atoms with van der Waals surface area (Å²) in [6.45, 7) is 2.25. The van der Waals surface area contributed by atoms with Crippen molar-refractivity contribution in [2.75, 3.05) is 19.4 Å². The number of amides is 3. The van der Waals surface area contributed by atoms with Crippen LogP contribution in [0.3, 0.4) is 0 Å². The summed E-state index contributed by atoms with van der Waals surface area (Å²) in [5, 5.41) is 5.33. The van der Waals surface area contributed by atoms with Crippen molar-refractivity contribution in [3.63, 3.8) is 0 Å². The SMILES string of the molecule is CNC(=O)C[C@@H](C)N(C)C(=O)Nc1cccc(CN)c1. The van der Waals surface area contributed by atoms with Crippen LogP contribution in [0.1, 0.15) is 18.9 Å². The molecule has 0 bridgehead atoms. The van der Waals surface area contributed by atoms with Crippen molar-refractivity contribution in [3.8, 4) is 0 Å². The van der Waals surface area contributed by atoms with Gasteiger partial charge in [0.05, 0.1) is 0 Å². The van der Waals surface area contributed by atoms with E-state index in [4.69, 9.17) is 5.73 Å². The molecule has 0 aliphatic carbocycles. The molecule has 1 aromatic carbocycles. The lowest BCUT2D eigenvalue weighted by Crippen LogP contribution is -2.40. The van der Waals surface area contributed by atoms with E-state index in [0.29, 0.717) is 12.2 Å². The molecular weight excluding hydrogens is 256 g/mol. The molecule has 110 valence electrons. The summed E-state index contributed by atoms with van der Waals surface area (Å²) >= 11 is 0. The first-order valence-corrected chi connectivity index (χ1v) is 6.51. The smallest absolute Gasteiger partial charge is 0.321 e. The normalized spacial score (nSPS) is 11.6. The molecular formula is C14H22N4O2. The standard InChI is InChI=1S/C14H22N4O2/c1-10(7-13(19)16-2)18(3)14(20)17-12-6-4-5-11(8-12)9-15/h4-6,8,10H,7,9,15H2,1-3H3,(H,16,19)(H,17,20)/t10-/m1/s1. The first-order valence-electron chi connectivity index (χ1n) is 6.51. The quantitative estimate of drug-likeness (QED) is 0.754. The number of nitrogens with one attached hydrogen (secondary N) is 2. The van der Waals surface area contributed by atoms with Gasteiger partial charge in [0.25, 0.3) is 0 Å². The Labute approximate surface area is 119 Å². The molecule has 0 unspecified atom stereocenters. The van der Waals surface area contributed by atoms with Crippen LogP contribution in [0.25, 0.3) is 0 Å². The molecule has 0 spiro atoms. The fourth-order valence-corrected chi connectivity index (χ4v) is 1.70. The number of hydrogen-bond donors (Lipinski definition) is 3. The van der Waals surface area contributed by atoms with Gasteiger partial charge in [-0.05, 0) is 24.6 Å². The Kier molecular flexibility index (Phi) is 5.99. The first-order chi connectivity index (χ1) is 9.47. The number of carbonyl (C=O) groups excluding carboxylic acids is 2. The molecule has 1 atom stereocenters. The van der Waals surface area contributed by atoms with Gasteiger partial charge >= 0.3 is 6.03 Å². The van der Waals surface area contributed by atoms with Crippen molar-refractivity contribution < 1.29 is 9.59 Å². The van der Waals surface area contributed by atoms with Crippen LogP contribution in [0.2, 0.25) is 0 Å². The molecule has 6 nitrogen and oxygen atoms in total. The molecule has 4 N–H and O–H groups in total. The summed E-state index contributed by atoms with van der Waals surface area (Å²) in [5.41, 5.74) is 7.20. The third-order valence-electron chi connectivity index (χ3n) is 3.16. The van der Waals surface area contributed by atoms with Crippen molar-refractivity contribution in [2.24, 2.45) is 5.73 Å². The number of urea groups is 1. The van der Waals surface area contributed by atoms with Crippen LogP contribution >= 0.6 is 0 Å². The lowest BCUT2D eigenvalue weighted by molar-refractivity contribution is -0.121. The van der Waals surface area contributed by atoms with Crippen LogP contribution in [-0.4, -0.2) is 37.0 Å². The van der Waals surface area contributed by atoms with E-state index in [1.165, 1.54) is 4.90 Å². The fraction of sp³-hybridized carbons (Fsp3) is 0.429. The molecule has 0 saturated heterocycles. The Bertz CT molecular complexity index is 476. The largest absolute Gasteiger partial charge is 0.359 e. The van der Waals surface area contributed by atoms with E-state index < -0.39 is 0 Å². The van der Waals surface area contributed by atoms with E-state index in [9.17, 15) is 9.59 Å². The summed E-state index contributed by atoms with van der Waals surface area (Å²) in [6, 6.07) is 6.92. The van der Waals surface area contributed by atoms with Gasteiger partial charge in [0.2, 0.25) is 5.91 Å². The van der Waals surface area contributed by atoms with Crippen LogP contribution in [0.4, 0.5) is 10.5 Å². The van der Waals surface area contributed by atoms with Crippen molar-refractivity contribution in [2.45, 2.75) is 25.9 Å². The van der Waals surface area contributed by atoms with Gasteiger partial charge in [0.1, 0.15) is 0 Å². The molecule has 0 heterocycles. The molecule has 0 fully saturated rings. The number of rotatable bonds is 5. The highest BCUT2D eigenvalue weighted by atomic mass is 16.2. The fourth-order valence-electron chi connectivity index (χ4n) is 1.70. The second kappa shape index (κ2) is 7.49. The van der Waals surface area contributed by atoms with Crippen LogP contribution in [0.5, 0.6) is 0 Å². The average Bonchev–Trinajstić information content (AvgIpc) is 2.46. The molecule has 1 rings (SSSR count). The Hall–Kier alpha value is -2.08. The Morgan fingerprint density at radius 1 is 1.40 bits per heavy atom. The van der Waals surface area contributed by atoms with Gasteiger partial charge < -0.3 is 21.3 Å². The molecule has 3 amide bonds. The third kappa shape index (κ3) is 4.55. The lowest BCUT2D eigenvalue weighted by atomic mass is 10.2. The number of nitrogens with zero attached hydrogens (tertiary/aromatic N) is 1. The minimum atomic E-state index is -0.254. The predicted octanol–water partition coefficient (Wildman–Crippen LogP) is 1.13. The van der Waals surface area contributed by atoms with Gasteiger partial charge in [-0.15, -0.1) is 0 Å². The van der Waals surface area contributed by atoms with E-state index in [2.05, 4.69) is 10.6 Å². The van der Waals surface area contributed by atoms with Crippen LogP contribution in [-0.2, 0) is 11.3 Å². The second-order valence-corrected chi connectivity index (χ2v) is 4.67. The molecule has 20 heavy (non-hydrogen) atoms. The Morgan fingerprint density at radius 3 is 2.70 bits per heavy atom.